The van der Waals surface area contributed by atoms with Crippen LogP contribution in [0.5, 0.6) is 0 Å². The molecule has 3 atom stereocenters. The van der Waals surface area contributed by atoms with E-state index >= 15 is 0 Å². The molecule has 210 valence electrons. The second-order valence-corrected chi connectivity index (χ2v) is 12.4. The number of nitrogens with zero attached hydrogens (tertiary/aromatic N) is 2. The molecule has 0 N–H and O–H groups in total. The van der Waals surface area contributed by atoms with E-state index in [1.54, 1.807) is 49.4 Å². The van der Waals surface area contributed by atoms with Crippen LogP contribution in [-0.2, 0) is 19.6 Å². The average Bonchev–Trinajstić information content (AvgIpc) is 3.18. The molecule has 2 aliphatic rings. The van der Waals surface area contributed by atoms with Crippen molar-refractivity contribution in [3.8, 4) is 0 Å². The van der Waals surface area contributed by atoms with Gasteiger partial charge in [-0.05, 0) is 69.4 Å². The lowest BCUT2D eigenvalue weighted by Gasteiger charge is -2.46. The first-order valence-electron chi connectivity index (χ1n) is 13.0. The number of ketones is 1. The summed E-state index contributed by atoms with van der Waals surface area (Å²) in [6.07, 6.45) is 2.25. The maximum absolute atomic E-state index is 13.6. The quantitative estimate of drug-likeness (QED) is 0.270. The fourth-order valence-electron chi connectivity index (χ4n) is 5.86. The van der Waals surface area contributed by atoms with Gasteiger partial charge in [0.1, 0.15) is 5.78 Å². The molecule has 1 saturated heterocycles. The number of halogens is 3. The summed E-state index contributed by atoms with van der Waals surface area (Å²) in [7, 11) is -3.87. The molecule has 0 bridgehead atoms. The van der Waals surface area contributed by atoms with Crippen molar-refractivity contribution in [2.75, 3.05) is 19.6 Å². The van der Waals surface area contributed by atoms with Crippen LogP contribution < -0.4 is 0 Å². The maximum Gasteiger partial charge on any atom is 0.471 e. The van der Waals surface area contributed by atoms with Gasteiger partial charge in [0, 0.05) is 32.5 Å². The number of Topliss-reactive ketones (excluding diaryl/α,β-unsaturated/α-hetero) is 1. The highest BCUT2D eigenvalue weighted by Gasteiger charge is 2.54. The van der Waals surface area contributed by atoms with Crippen LogP contribution in [0.2, 0.25) is 0 Å². The van der Waals surface area contributed by atoms with Gasteiger partial charge >= 0.3 is 12.1 Å². The molecule has 1 aromatic carbocycles. The van der Waals surface area contributed by atoms with Crippen molar-refractivity contribution in [1.29, 1.82) is 0 Å². The van der Waals surface area contributed by atoms with E-state index in [2.05, 4.69) is 6.58 Å². The molecule has 1 saturated carbocycles. The van der Waals surface area contributed by atoms with E-state index in [-0.39, 0.29) is 55.5 Å². The summed E-state index contributed by atoms with van der Waals surface area (Å²) >= 11 is 0. The molecule has 0 unspecified atom stereocenters. The van der Waals surface area contributed by atoms with E-state index in [9.17, 15) is 31.2 Å². The molecular formula is C28H37F3N2O4S. The Morgan fingerprint density at radius 3 is 2.55 bits per heavy atom. The molecule has 6 nitrogen and oxygen atoms in total. The zero-order chi connectivity index (χ0) is 28.1. The number of alkyl halides is 3. The summed E-state index contributed by atoms with van der Waals surface area (Å²) in [5, 5.41) is 0. The van der Waals surface area contributed by atoms with Gasteiger partial charge in [-0.2, -0.15) is 17.5 Å². The third-order valence-electron chi connectivity index (χ3n) is 7.76. The summed E-state index contributed by atoms with van der Waals surface area (Å²) in [6.45, 7) is 7.32. The third-order valence-corrected chi connectivity index (χ3v) is 9.62. The number of carbonyl (C=O) groups is 2. The number of unbranched alkanes of at least 4 members (excludes halogenated alkanes) is 2. The standard InChI is InChI=1S/C28H37F3N2O4S/c1-4-6-7-8-15-33(26(35)28(29,30)31)23(9-5-2)18-27-19-24(34)17-22(27)14-16-32(20-27)38(36,37)25-12-10-21(3)11-13-25/h4-5,9-13,22-23H,1,6-8,14-20H2,2-3H3/b9-5+/t22-,23-,27-/m0/s1. The molecule has 38 heavy (non-hydrogen) atoms. The molecule has 3 rings (SSSR count). The van der Waals surface area contributed by atoms with Gasteiger partial charge in [-0.1, -0.05) is 35.9 Å². The van der Waals surface area contributed by atoms with Gasteiger partial charge in [-0.15, -0.1) is 6.58 Å². The minimum Gasteiger partial charge on any atom is -0.328 e. The van der Waals surface area contributed by atoms with Crippen LogP contribution in [0.1, 0.15) is 57.4 Å². The van der Waals surface area contributed by atoms with Crippen molar-refractivity contribution in [1.82, 2.24) is 9.21 Å². The lowest BCUT2D eigenvalue weighted by atomic mass is 9.69. The largest absolute Gasteiger partial charge is 0.471 e. The van der Waals surface area contributed by atoms with Crippen molar-refractivity contribution in [2.24, 2.45) is 11.3 Å². The summed E-state index contributed by atoms with van der Waals surface area (Å²) in [5.41, 5.74) is 0.0555. The molecule has 1 amide bonds. The number of benzene rings is 1. The minimum absolute atomic E-state index is 0.0245. The van der Waals surface area contributed by atoms with Crippen molar-refractivity contribution in [3.05, 3.63) is 54.6 Å². The normalized spacial score (nSPS) is 23.4. The SMILES string of the molecule is C=CCCCCN(C(=O)C(F)(F)F)[C@@H](/C=C/C)C[C@@]12CC(=O)C[C@@H]1CCN(S(=O)(=O)c1ccc(C)cc1)C2. The van der Waals surface area contributed by atoms with E-state index in [0.717, 1.165) is 10.5 Å². The van der Waals surface area contributed by atoms with Gasteiger partial charge in [0.05, 0.1) is 10.9 Å². The van der Waals surface area contributed by atoms with Gasteiger partial charge in [0.25, 0.3) is 0 Å². The number of allylic oxidation sites excluding steroid dienone is 2. The van der Waals surface area contributed by atoms with Crippen molar-refractivity contribution in [3.63, 3.8) is 0 Å². The highest BCUT2D eigenvalue weighted by atomic mass is 32.2. The van der Waals surface area contributed by atoms with Crippen LogP contribution in [-0.4, -0.2) is 61.2 Å². The van der Waals surface area contributed by atoms with Gasteiger partial charge < -0.3 is 4.90 Å². The predicted octanol–water partition coefficient (Wildman–Crippen LogP) is 5.44. The molecule has 0 radical (unpaired) electrons. The second kappa shape index (κ2) is 12.2. The number of rotatable bonds is 11. The molecule has 2 fully saturated rings. The van der Waals surface area contributed by atoms with Gasteiger partial charge in [-0.25, -0.2) is 8.42 Å². The van der Waals surface area contributed by atoms with Crippen LogP contribution in [0.15, 0.2) is 54.0 Å². The topological polar surface area (TPSA) is 74.8 Å². The van der Waals surface area contributed by atoms with Crippen LogP contribution in [0.25, 0.3) is 0 Å². The third kappa shape index (κ3) is 6.75. The zero-order valence-electron chi connectivity index (χ0n) is 22.0. The number of hydrogen-bond acceptors (Lipinski definition) is 4. The lowest BCUT2D eigenvalue weighted by Crippen LogP contribution is -2.53. The number of fused-ring (bicyclic) bond motifs is 1. The van der Waals surface area contributed by atoms with E-state index < -0.39 is 33.6 Å². The average molecular weight is 555 g/mol. The van der Waals surface area contributed by atoms with Crippen molar-refractivity contribution < 1.29 is 31.2 Å². The highest BCUT2D eigenvalue weighted by molar-refractivity contribution is 7.89. The molecular weight excluding hydrogens is 517 g/mol. The second-order valence-electron chi connectivity index (χ2n) is 10.5. The Morgan fingerprint density at radius 2 is 1.95 bits per heavy atom. The van der Waals surface area contributed by atoms with Crippen LogP contribution in [0.3, 0.4) is 0 Å². The number of aryl methyl sites for hydroxylation is 1. The Balaban J connectivity index is 1.95. The summed E-state index contributed by atoms with van der Waals surface area (Å²) < 4.78 is 69.3. The smallest absolute Gasteiger partial charge is 0.328 e. The molecule has 1 heterocycles. The van der Waals surface area contributed by atoms with Gasteiger partial charge in [-0.3, -0.25) is 9.59 Å². The zero-order valence-corrected chi connectivity index (χ0v) is 22.9. The van der Waals surface area contributed by atoms with Crippen LogP contribution >= 0.6 is 0 Å². The number of piperidine rings is 1. The van der Waals surface area contributed by atoms with E-state index in [1.165, 1.54) is 4.31 Å². The number of sulfonamides is 1. The van der Waals surface area contributed by atoms with Gasteiger partial charge in [0.15, 0.2) is 0 Å². The fourth-order valence-corrected chi connectivity index (χ4v) is 7.42. The number of amides is 1. The number of carbonyl (C=O) groups excluding carboxylic acids is 2. The molecule has 0 spiro atoms. The van der Waals surface area contributed by atoms with Crippen LogP contribution in [0.4, 0.5) is 13.2 Å². The maximum atomic E-state index is 13.6. The van der Waals surface area contributed by atoms with Crippen molar-refractivity contribution in [2.45, 2.75) is 75.9 Å². The van der Waals surface area contributed by atoms with E-state index in [1.807, 2.05) is 6.92 Å². The summed E-state index contributed by atoms with van der Waals surface area (Å²) in [6, 6.07) is 5.58. The molecule has 0 aromatic heterocycles. The lowest BCUT2D eigenvalue weighted by molar-refractivity contribution is -0.187. The Kier molecular flexibility index (Phi) is 9.62. The summed E-state index contributed by atoms with van der Waals surface area (Å²) in [4.78, 5) is 26.2. The molecule has 1 aromatic rings. The minimum atomic E-state index is -5.05. The Morgan fingerprint density at radius 1 is 1.26 bits per heavy atom. The first-order chi connectivity index (χ1) is 17.8. The first kappa shape index (κ1) is 30.1. The monoisotopic (exact) mass is 554 g/mol. The Hall–Kier alpha value is -2.46. The van der Waals surface area contributed by atoms with E-state index in [4.69, 9.17) is 0 Å². The Bertz CT molecular complexity index is 1150. The van der Waals surface area contributed by atoms with Gasteiger partial charge in [0.2, 0.25) is 10.0 Å². The predicted molar refractivity (Wildman–Crippen MR) is 140 cm³/mol. The molecule has 1 aliphatic carbocycles. The summed E-state index contributed by atoms with van der Waals surface area (Å²) in [5.74, 6) is -2.10. The molecule has 1 aliphatic heterocycles. The number of hydrogen-bond donors (Lipinski definition) is 0. The van der Waals surface area contributed by atoms with Crippen molar-refractivity contribution >= 4 is 21.7 Å². The van der Waals surface area contributed by atoms with Crippen LogP contribution in [0, 0.1) is 18.3 Å². The Labute approximate surface area is 223 Å². The molecule has 10 heteroatoms. The highest BCUT2D eigenvalue weighted by Crippen LogP contribution is 2.51. The fraction of sp³-hybridized carbons (Fsp3) is 0.571. The van der Waals surface area contributed by atoms with E-state index in [0.29, 0.717) is 25.7 Å². The first-order valence-corrected chi connectivity index (χ1v) is 14.5.